The van der Waals surface area contributed by atoms with Crippen LogP contribution in [0.25, 0.3) is 0 Å². The van der Waals surface area contributed by atoms with Gasteiger partial charge in [-0.15, -0.1) is 0 Å². The molecule has 0 aromatic carbocycles. The topological polar surface area (TPSA) is 128 Å². The lowest BCUT2D eigenvalue weighted by Crippen LogP contribution is -2.30. The zero-order chi connectivity index (χ0) is 14.9. The molecule has 110 valence electrons. The lowest BCUT2D eigenvalue weighted by molar-refractivity contribution is -0.144. The Morgan fingerprint density at radius 3 is 2.95 bits per heavy atom. The van der Waals surface area contributed by atoms with Gasteiger partial charge in [-0.25, -0.2) is 4.79 Å². The van der Waals surface area contributed by atoms with Crippen molar-refractivity contribution in [3.05, 3.63) is 22.7 Å². The molecule has 20 heavy (non-hydrogen) atoms. The van der Waals surface area contributed by atoms with Crippen molar-refractivity contribution < 1.29 is 19.7 Å². The number of aliphatic hydroxyl groups is 1. The highest BCUT2D eigenvalue weighted by atomic mass is 16.5. The van der Waals surface area contributed by atoms with Gasteiger partial charge in [0.05, 0.1) is 18.6 Å². The van der Waals surface area contributed by atoms with Crippen LogP contribution >= 0.6 is 0 Å². The largest absolute Gasteiger partial charge is 0.481 e. The summed E-state index contributed by atoms with van der Waals surface area (Å²) in [5, 5.41) is 18.4. The molecule has 0 aliphatic carbocycles. The van der Waals surface area contributed by atoms with Gasteiger partial charge in [0.1, 0.15) is 12.0 Å². The first-order valence-electron chi connectivity index (χ1n) is 6.27. The van der Waals surface area contributed by atoms with E-state index >= 15 is 0 Å². The summed E-state index contributed by atoms with van der Waals surface area (Å²) in [6.07, 6.45) is 0.525. The summed E-state index contributed by atoms with van der Waals surface area (Å²) >= 11 is 0. The quantitative estimate of drug-likeness (QED) is 0.675. The number of aliphatic carboxylic acids is 1. The van der Waals surface area contributed by atoms with Crippen LogP contribution in [-0.2, 0) is 9.53 Å². The monoisotopic (exact) mass is 283 g/mol. The summed E-state index contributed by atoms with van der Waals surface area (Å²) in [7, 11) is 0. The number of carbonyl (C=O) groups is 1. The lowest BCUT2D eigenvalue weighted by Gasteiger charge is -2.19. The van der Waals surface area contributed by atoms with Crippen molar-refractivity contribution in [2.45, 2.75) is 25.7 Å². The van der Waals surface area contributed by atoms with Crippen LogP contribution in [0.5, 0.6) is 0 Å². The number of nitrogen functional groups attached to an aromatic ring is 1. The van der Waals surface area contributed by atoms with Crippen LogP contribution in [0.1, 0.15) is 19.6 Å². The Morgan fingerprint density at radius 1 is 1.70 bits per heavy atom. The first kappa shape index (κ1) is 14.5. The second-order valence-corrected chi connectivity index (χ2v) is 4.88. The van der Waals surface area contributed by atoms with E-state index in [1.165, 1.54) is 16.8 Å². The SMILES string of the molecule is CC(C(=O)O)C1C[C@H](n2ccc(N)nc2=O)O[C@@H]1CO. The van der Waals surface area contributed by atoms with Crippen molar-refractivity contribution in [2.24, 2.45) is 11.8 Å². The molecule has 0 bridgehead atoms. The fourth-order valence-corrected chi connectivity index (χ4v) is 2.45. The molecule has 1 fully saturated rings. The third-order valence-electron chi connectivity index (χ3n) is 3.66. The molecule has 2 unspecified atom stereocenters. The number of carboxylic acid groups (broad SMARTS) is 1. The van der Waals surface area contributed by atoms with E-state index in [4.69, 9.17) is 15.6 Å². The van der Waals surface area contributed by atoms with E-state index in [0.29, 0.717) is 6.42 Å². The molecular formula is C12H17N3O5. The molecule has 8 nitrogen and oxygen atoms in total. The fraction of sp³-hybridized carbons (Fsp3) is 0.583. The van der Waals surface area contributed by atoms with Gasteiger partial charge in [0.2, 0.25) is 0 Å². The van der Waals surface area contributed by atoms with Crippen molar-refractivity contribution in [1.82, 2.24) is 9.55 Å². The highest BCUT2D eigenvalue weighted by Crippen LogP contribution is 2.37. The first-order valence-corrected chi connectivity index (χ1v) is 6.27. The van der Waals surface area contributed by atoms with Crippen molar-refractivity contribution in [1.29, 1.82) is 0 Å². The zero-order valence-electron chi connectivity index (χ0n) is 11.0. The Balaban J connectivity index is 2.24. The number of carboxylic acids is 1. The summed E-state index contributed by atoms with van der Waals surface area (Å²) < 4.78 is 6.83. The number of rotatable bonds is 4. The Labute approximate surface area is 114 Å². The van der Waals surface area contributed by atoms with Gasteiger partial charge in [-0.3, -0.25) is 9.36 Å². The van der Waals surface area contributed by atoms with Crippen LogP contribution in [0.3, 0.4) is 0 Å². The van der Waals surface area contributed by atoms with Crippen molar-refractivity contribution >= 4 is 11.8 Å². The average molecular weight is 283 g/mol. The molecule has 0 saturated carbocycles. The molecule has 2 heterocycles. The molecule has 0 spiro atoms. The number of hydrogen-bond acceptors (Lipinski definition) is 6. The maximum Gasteiger partial charge on any atom is 0.351 e. The number of aromatic nitrogens is 2. The predicted molar refractivity (Wildman–Crippen MR) is 68.8 cm³/mol. The van der Waals surface area contributed by atoms with E-state index in [9.17, 15) is 14.7 Å². The molecule has 1 aromatic rings. The maximum atomic E-state index is 11.7. The summed E-state index contributed by atoms with van der Waals surface area (Å²) in [5.74, 6) is -1.89. The van der Waals surface area contributed by atoms with Gasteiger partial charge < -0.3 is 20.7 Å². The number of hydrogen-bond donors (Lipinski definition) is 3. The number of nitrogens with zero attached hydrogens (tertiary/aromatic N) is 2. The normalized spacial score (nSPS) is 27.4. The molecule has 4 atom stereocenters. The minimum Gasteiger partial charge on any atom is -0.481 e. The van der Waals surface area contributed by atoms with E-state index < -0.39 is 29.9 Å². The van der Waals surface area contributed by atoms with Crippen molar-refractivity contribution in [3.63, 3.8) is 0 Å². The van der Waals surface area contributed by atoms with E-state index in [1.807, 2.05) is 0 Å². The molecule has 0 radical (unpaired) electrons. The molecule has 2 rings (SSSR count). The Kier molecular flexibility index (Phi) is 4.05. The summed E-state index contributed by atoms with van der Waals surface area (Å²) in [6, 6.07) is 1.46. The minimum atomic E-state index is -0.958. The fourth-order valence-electron chi connectivity index (χ4n) is 2.45. The van der Waals surface area contributed by atoms with E-state index in [2.05, 4.69) is 4.98 Å². The van der Waals surface area contributed by atoms with E-state index in [-0.39, 0.29) is 18.3 Å². The Morgan fingerprint density at radius 2 is 2.40 bits per heavy atom. The summed E-state index contributed by atoms with van der Waals surface area (Å²) in [4.78, 5) is 26.4. The van der Waals surface area contributed by atoms with Crippen molar-refractivity contribution in [3.8, 4) is 0 Å². The second-order valence-electron chi connectivity index (χ2n) is 4.88. The van der Waals surface area contributed by atoms with Gasteiger partial charge in [0, 0.05) is 12.1 Å². The molecule has 4 N–H and O–H groups in total. The van der Waals surface area contributed by atoms with Gasteiger partial charge in [-0.05, 0) is 12.5 Å². The number of ether oxygens (including phenoxy) is 1. The first-order chi connectivity index (χ1) is 9.43. The second kappa shape index (κ2) is 5.59. The summed E-state index contributed by atoms with van der Waals surface area (Å²) in [5.41, 5.74) is 4.85. The van der Waals surface area contributed by atoms with E-state index in [0.717, 1.165) is 0 Å². The Hall–Kier alpha value is -1.93. The van der Waals surface area contributed by atoms with Gasteiger partial charge in [0.25, 0.3) is 0 Å². The molecule has 1 aromatic heterocycles. The highest BCUT2D eigenvalue weighted by molar-refractivity contribution is 5.70. The molecule has 1 aliphatic heterocycles. The standard InChI is InChI=1S/C12H17N3O5/c1-6(11(17)18)7-4-10(20-8(7)5-16)15-3-2-9(13)14-12(15)19/h2-3,6-8,10,16H,4-5H2,1H3,(H,17,18)(H2,13,14,19)/t6?,7?,8-,10-/m1/s1. The highest BCUT2D eigenvalue weighted by Gasteiger charge is 2.41. The predicted octanol–water partition coefficient (Wildman–Crippen LogP) is -0.558. The number of aliphatic hydroxyl groups excluding tert-OH is 1. The number of nitrogens with two attached hydrogens (primary N) is 1. The van der Waals surface area contributed by atoms with Crippen LogP contribution in [0.4, 0.5) is 5.82 Å². The smallest absolute Gasteiger partial charge is 0.351 e. The van der Waals surface area contributed by atoms with E-state index in [1.54, 1.807) is 6.92 Å². The van der Waals surface area contributed by atoms with Crippen LogP contribution < -0.4 is 11.4 Å². The minimum absolute atomic E-state index is 0.110. The van der Waals surface area contributed by atoms with Crippen molar-refractivity contribution in [2.75, 3.05) is 12.3 Å². The lowest BCUT2D eigenvalue weighted by atomic mass is 9.88. The molecule has 0 amide bonds. The molecule has 1 saturated heterocycles. The van der Waals surface area contributed by atoms with Crippen LogP contribution in [-0.4, -0.2) is 38.4 Å². The Bertz CT molecular complexity index is 558. The van der Waals surface area contributed by atoms with Gasteiger partial charge in [-0.1, -0.05) is 6.92 Å². The third kappa shape index (κ3) is 2.66. The maximum absolute atomic E-state index is 11.7. The number of anilines is 1. The van der Waals surface area contributed by atoms with Crippen LogP contribution in [0.15, 0.2) is 17.1 Å². The van der Waals surface area contributed by atoms with Gasteiger partial charge in [0.15, 0.2) is 0 Å². The zero-order valence-corrected chi connectivity index (χ0v) is 11.0. The van der Waals surface area contributed by atoms with Gasteiger partial charge in [-0.2, -0.15) is 4.98 Å². The summed E-state index contributed by atoms with van der Waals surface area (Å²) in [6.45, 7) is 1.27. The van der Waals surface area contributed by atoms with Crippen LogP contribution in [0.2, 0.25) is 0 Å². The van der Waals surface area contributed by atoms with Crippen LogP contribution in [0, 0.1) is 11.8 Å². The molecular weight excluding hydrogens is 266 g/mol. The third-order valence-corrected chi connectivity index (χ3v) is 3.66. The van der Waals surface area contributed by atoms with Gasteiger partial charge >= 0.3 is 11.7 Å². The average Bonchev–Trinajstić information content (AvgIpc) is 2.81. The molecule has 8 heteroatoms. The molecule has 1 aliphatic rings.